The Kier molecular flexibility index (Phi) is 4.21. The minimum absolute atomic E-state index is 0.0378. The molecule has 2 aliphatic rings. The summed E-state index contributed by atoms with van der Waals surface area (Å²) in [6.45, 7) is 2.45. The molecule has 29 heavy (non-hydrogen) atoms. The number of ether oxygens (including phenoxy) is 2. The molecule has 146 valence electrons. The normalized spacial score (nSPS) is 14.0. The van der Waals surface area contributed by atoms with Crippen LogP contribution in [0.4, 0.5) is 10.8 Å². The molecule has 2 amide bonds. The molecule has 0 saturated heterocycles. The van der Waals surface area contributed by atoms with Crippen LogP contribution in [0.25, 0.3) is 11.3 Å². The van der Waals surface area contributed by atoms with Gasteiger partial charge in [-0.2, -0.15) is 0 Å². The number of rotatable bonds is 3. The zero-order valence-corrected chi connectivity index (χ0v) is 16.4. The summed E-state index contributed by atoms with van der Waals surface area (Å²) >= 11 is 1.35. The summed E-state index contributed by atoms with van der Waals surface area (Å²) in [7, 11) is 0. The van der Waals surface area contributed by atoms with Gasteiger partial charge in [-0.3, -0.25) is 14.9 Å². The number of amides is 2. The Bertz CT molecular complexity index is 1140. The van der Waals surface area contributed by atoms with Crippen LogP contribution in [0.1, 0.15) is 22.8 Å². The second-order valence-electron chi connectivity index (χ2n) is 6.82. The second-order valence-corrected chi connectivity index (χ2v) is 7.68. The van der Waals surface area contributed by atoms with Gasteiger partial charge < -0.3 is 14.4 Å². The molecule has 0 bridgehead atoms. The van der Waals surface area contributed by atoms with Crippen molar-refractivity contribution in [3.63, 3.8) is 0 Å². The molecule has 1 aromatic heterocycles. The number of nitrogens with zero attached hydrogens (tertiary/aromatic N) is 2. The van der Waals surface area contributed by atoms with Crippen LogP contribution in [0.5, 0.6) is 11.5 Å². The summed E-state index contributed by atoms with van der Waals surface area (Å²) in [5, 5.41) is 5.23. The lowest BCUT2D eigenvalue weighted by molar-refractivity contribution is -0.116. The van der Waals surface area contributed by atoms with Gasteiger partial charge >= 0.3 is 0 Å². The lowest BCUT2D eigenvalue weighted by atomic mass is 10.1. The number of aromatic nitrogens is 1. The molecule has 3 heterocycles. The first-order valence-electron chi connectivity index (χ1n) is 9.16. The molecular formula is C21H17N3O4S. The summed E-state index contributed by atoms with van der Waals surface area (Å²) in [5.74, 6) is 0.969. The van der Waals surface area contributed by atoms with Gasteiger partial charge in [-0.25, -0.2) is 4.98 Å². The molecule has 2 aliphatic heterocycles. The maximum Gasteiger partial charge on any atom is 0.257 e. The molecule has 0 radical (unpaired) electrons. The Labute approximate surface area is 170 Å². The van der Waals surface area contributed by atoms with Gasteiger partial charge in [0.05, 0.1) is 5.69 Å². The molecule has 0 unspecified atom stereocenters. The highest BCUT2D eigenvalue weighted by Gasteiger charge is 2.23. The monoisotopic (exact) mass is 407 g/mol. The van der Waals surface area contributed by atoms with E-state index in [2.05, 4.69) is 10.3 Å². The van der Waals surface area contributed by atoms with E-state index in [1.165, 1.54) is 11.3 Å². The largest absolute Gasteiger partial charge is 0.454 e. The Morgan fingerprint density at radius 3 is 2.86 bits per heavy atom. The molecule has 7 nitrogen and oxygen atoms in total. The summed E-state index contributed by atoms with van der Waals surface area (Å²) < 4.78 is 10.6. The van der Waals surface area contributed by atoms with Crippen molar-refractivity contribution in [3.05, 3.63) is 52.9 Å². The van der Waals surface area contributed by atoms with Gasteiger partial charge in [0.2, 0.25) is 12.7 Å². The number of carbonyl (C=O) groups excluding carboxylic acids is 2. The summed E-state index contributed by atoms with van der Waals surface area (Å²) in [4.78, 5) is 30.7. The maximum absolute atomic E-state index is 12.5. The third-order valence-electron chi connectivity index (χ3n) is 5.02. The molecule has 2 aromatic carbocycles. The number of hydrogen-bond acceptors (Lipinski definition) is 6. The predicted molar refractivity (Wildman–Crippen MR) is 110 cm³/mol. The highest BCUT2D eigenvalue weighted by atomic mass is 32.1. The molecule has 0 aliphatic carbocycles. The number of benzene rings is 2. The minimum Gasteiger partial charge on any atom is -0.454 e. The fourth-order valence-corrected chi connectivity index (χ4v) is 4.25. The van der Waals surface area contributed by atoms with Gasteiger partial charge in [0, 0.05) is 35.7 Å². The van der Waals surface area contributed by atoms with E-state index < -0.39 is 0 Å². The van der Waals surface area contributed by atoms with Crippen LogP contribution in [0.15, 0.2) is 41.8 Å². The molecule has 0 fully saturated rings. The third kappa shape index (κ3) is 3.21. The first-order chi connectivity index (χ1) is 14.1. The van der Waals surface area contributed by atoms with E-state index in [1.54, 1.807) is 30.0 Å². The average Bonchev–Trinajstić information content (AvgIpc) is 3.45. The van der Waals surface area contributed by atoms with Crippen molar-refractivity contribution in [2.45, 2.75) is 13.3 Å². The van der Waals surface area contributed by atoms with Gasteiger partial charge in [-0.1, -0.05) is 12.1 Å². The highest BCUT2D eigenvalue weighted by molar-refractivity contribution is 7.14. The molecule has 0 saturated carbocycles. The van der Waals surface area contributed by atoms with Crippen molar-refractivity contribution in [1.82, 2.24) is 4.98 Å². The Morgan fingerprint density at radius 2 is 2.00 bits per heavy atom. The van der Waals surface area contributed by atoms with Gasteiger partial charge in [-0.15, -0.1) is 11.3 Å². The number of carbonyl (C=O) groups is 2. The van der Waals surface area contributed by atoms with Gasteiger partial charge in [-0.05, 0) is 36.2 Å². The Morgan fingerprint density at radius 1 is 1.14 bits per heavy atom. The maximum atomic E-state index is 12.5. The number of anilines is 2. The summed E-state index contributed by atoms with van der Waals surface area (Å²) in [6.07, 6.45) is 0.864. The van der Waals surface area contributed by atoms with Crippen LogP contribution in [0, 0.1) is 0 Å². The Hall–Kier alpha value is -3.39. The first-order valence-corrected chi connectivity index (χ1v) is 10.0. The average molecular weight is 407 g/mol. The molecular weight excluding hydrogens is 390 g/mol. The molecule has 0 atom stereocenters. The fourth-order valence-electron chi connectivity index (χ4n) is 3.54. The highest BCUT2D eigenvalue weighted by Crippen LogP contribution is 2.35. The molecule has 1 N–H and O–H groups in total. The van der Waals surface area contributed by atoms with Crippen LogP contribution in [0.2, 0.25) is 0 Å². The van der Waals surface area contributed by atoms with Crippen molar-refractivity contribution in [2.75, 3.05) is 23.6 Å². The van der Waals surface area contributed by atoms with Crippen molar-refractivity contribution in [2.24, 2.45) is 0 Å². The van der Waals surface area contributed by atoms with E-state index in [0.717, 1.165) is 28.9 Å². The van der Waals surface area contributed by atoms with E-state index >= 15 is 0 Å². The van der Waals surface area contributed by atoms with Crippen LogP contribution in [-0.2, 0) is 11.2 Å². The molecule has 0 spiro atoms. The zero-order valence-electron chi connectivity index (χ0n) is 15.6. The predicted octanol–water partition coefficient (Wildman–Crippen LogP) is 3.70. The second kappa shape index (κ2) is 6.89. The van der Waals surface area contributed by atoms with E-state index in [1.807, 2.05) is 23.6 Å². The molecule has 3 aromatic rings. The summed E-state index contributed by atoms with van der Waals surface area (Å²) in [5.41, 5.74) is 4.25. The Balaban J connectivity index is 1.35. The van der Waals surface area contributed by atoms with Gasteiger partial charge in [0.15, 0.2) is 16.6 Å². The van der Waals surface area contributed by atoms with Crippen LogP contribution in [0.3, 0.4) is 0 Å². The molecule has 5 rings (SSSR count). The van der Waals surface area contributed by atoms with Crippen molar-refractivity contribution in [1.29, 1.82) is 0 Å². The van der Waals surface area contributed by atoms with E-state index in [9.17, 15) is 9.59 Å². The lowest BCUT2D eigenvalue weighted by Gasteiger charge is -2.15. The van der Waals surface area contributed by atoms with E-state index in [0.29, 0.717) is 28.7 Å². The van der Waals surface area contributed by atoms with Crippen molar-refractivity contribution in [3.8, 4) is 22.8 Å². The van der Waals surface area contributed by atoms with E-state index in [-0.39, 0.29) is 18.6 Å². The SMILES string of the molecule is CC(=O)N1CCc2ccc(-c3csc(NC(=O)c4ccc5c(c4)OCO5)n3)cc21. The number of nitrogens with one attached hydrogen (secondary N) is 1. The first kappa shape index (κ1) is 17.7. The van der Waals surface area contributed by atoms with Crippen molar-refractivity contribution >= 4 is 34.0 Å². The summed E-state index contributed by atoms with van der Waals surface area (Å²) in [6, 6.07) is 11.1. The van der Waals surface area contributed by atoms with Gasteiger partial charge in [0.25, 0.3) is 5.91 Å². The van der Waals surface area contributed by atoms with E-state index in [4.69, 9.17) is 9.47 Å². The van der Waals surface area contributed by atoms with Crippen molar-refractivity contribution < 1.29 is 19.1 Å². The van der Waals surface area contributed by atoms with Gasteiger partial charge in [0.1, 0.15) is 0 Å². The quantitative estimate of drug-likeness (QED) is 0.716. The number of hydrogen-bond donors (Lipinski definition) is 1. The topological polar surface area (TPSA) is 80.8 Å². The van der Waals surface area contributed by atoms with Crippen LogP contribution >= 0.6 is 11.3 Å². The fraction of sp³-hybridized carbons (Fsp3) is 0.190. The zero-order chi connectivity index (χ0) is 20.0. The smallest absolute Gasteiger partial charge is 0.257 e. The number of thiazole rings is 1. The number of fused-ring (bicyclic) bond motifs is 2. The lowest BCUT2D eigenvalue weighted by Crippen LogP contribution is -2.25. The third-order valence-corrected chi connectivity index (χ3v) is 5.77. The molecule has 8 heteroatoms. The standard InChI is InChI=1S/C21H17N3O4S/c1-12(25)24-7-6-13-2-3-14(8-17(13)24)16-10-29-21(22-16)23-20(26)15-4-5-18-19(9-15)28-11-27-18/h2-5,8-10H,6-7,11H2,1H3,(H,22,23,26). The minimum atomic E-state index is -0.263. The van der Waals surface area contributed by atoms with Crippen LogP contribution < -0.4 is 19.7 Å². The van der Waals surface area contributed by atoms with Crippen LogP contribution in [-0.4, -0.2) is 30.1 Å².